The molecule has 0 fully saturated rings. The van der Waals surface area contributed by atoms with Gasteiger partial charge in [0.1, 0.15) is 5.82 Å². The third-order valence-corrected chi connectivity index (χ3v) is 4.84. The van der Waals surface area contributed by atoms with Crippen LogP contribution in [0.2, 0.25) is 0 Å². The number of nitrogens with one attached hydrogen (secondary N) is 1. The van der Waals surface area contributed by atoms with E-state index in [1.807, 2.05) is 30.3 Å². The van der Waals surface area contributed by atoms with Crippen LogP contribution in [0.4, 0.5) is 4.39 Å². The summed E-state index contributed by atoms with van der Waals surface area (Å²) in [6.45, 7) is 2.40. The Morgan fingerprint density at radius 2 is 1.67 bits per heavy atom. The van der Waals surface area contributed by atoms with E-state index in [0.29, 0.717) is 13.0 Å². The first kappa shape index (κ1) is 15.7. The van der Waals surface area contributed by atoms with Crippen molar-refractivity contribution in [2.24, 2.45) is 0 Å². The Bertz CT molecular complexity index is 669. The lowest BCUT2D eigenvalue weighted by molar-refractivity contribution is 0.572. The van der Waals surface area contributed by atoms with Crippen molar-refractivity contribution in [3.05, 3.63) is 66.0 Å². The maximum Gasteiger partial charge on any atom is 0.240 e. The Kier molecular flexibility index (Phi) is 5.09. The average Bonchev–Trinajstić information content (AvgIpc) is 2.48. The lowest BCUT2D eigenvalue weighted by atomic mass is 9.98. The molecule has 0 heterocycles. The minimum absolute atomic E-state index is 0.0799. The molecule has 2 aromatic rings. The van der Waals surface area contributed by atoms with Crippen LogP contribution in [0.3, 0.4) is 0 Å². The van der Waals surface area contributed by atoms with E-state index in [4.69, 9.17) is 0 Å². The SMILES string of the molecule is CC(CCNS(=O)(=O)c1ccc(F)cc1)c1ccccc1. The molecule has 0 aliphatic heterocycles. The van der Waals surface area contributed by atoms with Crippen molar-refractivity contribution in [1.82, 2.24) is 4.72 Å². The van der Waals surface area contributed by atoms with Crippen molar-refractivity contribution in [1.29, 1.82) is 0 Å². The highest BCUT2D eigenvalue weighted by molar-refractivity contribution is 7.89. The monoisotopic (exact) mass is 307 g/mol. The number of hydrogen-bond donors (Lipinski definition) is 1. The van der Waals surface area contributed by atoms with E-state index < -0.39 is 15.8 Å². The lowest BCUT2D eigenvalue weighted by Gasteiger charge is -2.12. The molecule has 1 unspecified atom stereocenters. The highest BCUT2D eigenvalue weighted by Crippen LogP contribution is 2.18. The first-order chi connectivity index (χ1) is 9.99. The number of halogens is 1. The molecule has 0 radical (unpaired) electrons. The molecule has 1 atom stereocenters. The molecule has 21 heavy (non-hydrogen) atoms. The minimum atomic E-state index is -3.57. The van der Waals surface area contributed by atoms with Gasteiger partial charge in [0.2, 0.25) is 10.0 Å². The third-order valence-electron chi connectivity index (χ3n) is 3.36. The molecule has 0 aromatic heterocycles. The summed E-state index contributed by atoms with van der Waals surface area (Å²) in [5.41, 5.74) is 1.18. The summed E-state index contributed by atoms with van der Waals surface area (Å²) in [5, 5.41) is 0. The summed E-state index contributed by atoms with van der Waals surface area (Å²) in [6.07, 6.45) is 0.699. The predicted molar refractivity (Wildman–Crippen MR) is 81.1 cm³/mol. The Hall–Kier alpha value is -1.72. The second-order valence-electron chi connectivity index (χ2n) is 4.95. The zero-order valence-corrected chi connectivity index (χ0v) is 12.6. The van der Waals surface area contributed by atoms with Crippen molar-refractivity contribution in [3.8, 4) is 0 Å². The molecule has 1 N–H and O–H groups in total. The van der Waals surface area contributed by atoms with Gasteiger partial charge in [-0.3, -0.25) is 0 Å². The summed E-state index contributed by atoms with van der Waals surface area (Å²) in [4.78, 5) is 0.0799. The molecule has 0 spiro atoms. The van der Waals surface area contributed by atoms with Gasteiger partial charge < -0.3 is 0 Å². The second-order valence-corrected chi connectivity index (χ2v) is 6.72. The van der Waals surface area contributed by atoms with Crippen molar-refractivity contribution in [2.75, 3.05) is 6.54 Å². The maximum absolute atomic E-state index is 12.8. The first-order valence-corrected chi connectivity index (χ1v) is 8.27. The molecule has 0 saturated heterocycles. The van der Waals surface area contributed by atoms with E-state index in [9.17, 15) is 12.8 Å². The van der Waals surface area contributed by atoms with Crippen LogP contribution in [-0.2, 0) is 10.0 Å². The van der Waals surface area contributed by atoms with E-state index in [1.54, 1.807) is 0 Å². The fourth-order valence-electron chi connectivity index (χ4n) is 2.06. The van der Waals surface area contributed by atoms with E-state index >= 15 is 0 Å². The van der Waals surface area contributed by atoms with Gasteiger partial charge in [0.15, 0.2) is 0 Å². The van der Waals surface area contributed by atoms with Gasteiger partial charge in [-0.25, -0.2) is 17.5 Å². The van der Waals surface area contributed by atoms with Crippen molar-refractivity contribution in [3.63, 3.8) is 0 Å². The van der Waals surface area contributed by atoms with Crippen LogP contribution in [0.5, 0.6) is 0 Å². The molecule has 0 saturated carbocycles. The summed E-state index contributed by atoms with van der Waals surface area (Å²) in [5.74, 6) is -0.186. The molecule has 0 aliphatic rings. The van der Waals surface area contributed by atoms with Crippen LogP contribution in [0, 0.1) is 5.82 Å². The zero-order valence-electron chi connectivity index (χ0n) is 11.8. The maximum atomic E-state index is 12.8. The second kappa shape index (κ2) is 6.83. The lowest BCUT2D eigenvalue weighted by Crippen LogP contribution is -2.25. The van der Waals surface area contributed by atoms with Crippen LogP contribution in [-0.4, -0.2) is 15.0 Å². The van der Waals surface area contributed by atoms with Crippen molar-refractivity contribution < 1.29 is 12.8 Å². The topological polar surface area (TPSA) is 46.2 Å². The third kappa shape index (κ3) is 4.37. The summed E-state index contributed by atoms with van der Waals surface area (Å²) >= 11 is 0. The molecule has 3 nitrogen and oxygen atoms in total. The fraction of sp³-hybridized carbons (Fsp3) is 0.250. The van der Waals surface area contributed by atoms with Crippen LogP contribution in [0.1, 0.15) is 24.8 Å². The Morgan fingerprint density at radius 1 is 1.05 bits per heavy atom. The van der Waals surface area contributed by atoms with Gasteiger partial charge in [0.05, 0.1) is 4.90 Å². The highest BCUT2D eigenvalue weighted by Gasteiger charge is 2.14. The van der Waals surface area contributed by atoms with Crippen molar-refractivity contribution >= 4 is 10.0 Å². The van der Waals surface area contributed by atoms with Gasteiger partial charge in [-0.2, -0.15) is 0 Å². The van der Waals surface area contributed by atoms with E-state index in [-0.39, 0.29) is 10.8 Å². The average molecular weight is 307 g/mol. The molecule has 0 amide bonds. The molecular formula is C16H18FNO2S. The van der Waals surface area contributed by atoms with Gasteiger partial charge >= 0.3 is 0 Å². The minimum Gasteiger partial charge on any atom is -0.211 e. The van der Waals surface area contributed by atoms with Gasteiger partial charge in [-0.05, 0) is 42.2 Å². The number of benzene rings is 2. The predicted octanol–water partition coefficient (Wildman–Crippen LogP) is 3.30. The zero-order chi connectivity index (χ0) is 15.3. The standard InChI is InChI=1S/C16H18FNO2S/c1-13(14-5-3-2-4-6-14)11-12-18-21(19,20)16-9-7-15(17)8-10-16/h2-10,13,18H,11-12H2,1H3. The number of rotatable bonds is 6. The molecule has 2 rings (SSSR count). The Labute approximate surface area is 124 Å². The van der Waals surface area contributed by atoms with E-state index in [1.165, 1.54) is 17.7 Å². The smallest absolute Gasteiger partial charge is 0.211 e. The normalized spacial score (nSPS) is 13.0. The molecule has 0 aliphatic carbocycles. The van der Waals surface area contributed by atoms with Crippen molar-refractivity contribution in [2.45, 2.75) is 24.2 Å². The molecule has 5 heteroatoms. The fourth-order valence-corrected chi connectivity index (χ4v) is 3.10. The Morgan fingerprint density at radius 3 is 2.29 bits per heavy atom. The van der Waals surface area contributed by atoms with Crippen LogP contribution in [0.25, 0.3) is 0 Å². The Balaban J connectivity index is 1.92. The number of hydrogen-bond acceptors (Lipinski definition) is 2. The van der Waals surface area contributed by atoms with Crippen LogP contribution in [0.15, 0.2) is 59.5 Å². The molecule has 2 aromatic carbocycles. The summed E-state index contributed by atoms with van der Waals surface area (Å²) in [7, 11) is -3.57. The molecule has 112 valence electrons. The first-order valence-electron chi connectivity index (χ1n) is 6.79. The van der Waals surface area contributed by atoms with E-state index in [2.05, 4.69) is 11.6 Å². The molecular weight excluding hydrogens is 289 g/mol. The van der Waals surface area contributed by atoms with Gasteiger partial charge in [0, 0.05) is 6.54 Å². The van der Waals surface area contributed by atoms with Gasteiger partial charge in [0.25, 0.3) is 0 Å². The van der Waals surface area contributed by atoms with E-state index in [0.717, 1.165) is 12.1 Å². The van der Waals surface area contributed by atoms with Crippen LogP contribution >= 0.6 is 0 Å². The van der Waals surface area contributed by atoms with Gasteiger partial charge in [-0.15, -0.1) is 0 Å². The number of sulfonamides is 1. The summed E-state index contributed by atoms with van der Waals surface area (Å²) < 4.78 is 39.4. The largest absolute Gasteiger partial charge is 0.240 e. The van der Waals surface area contributed by atoms with Gasteiger partial charge in [-0.1, -0.05) is 37.3 Å². The quantitative estimate of drug-likeness (QED) is 0.890. The highest BCUT2D eigenvalue weighted by atomic mass is 32.2. The molecule has 0 bridgehead atoms. The van der Waals surface area contributed by atoms with Crippen LogP contribution < -0.4 is 4.72 Å². The summed E-state index contributed by atoms with van der Waals surface area (Å²) in [6, 6.07) is 14.7.